The molecule has 0 aliphatic heterocycles. The van der Waals surface area contributed by atoms with Crippen molar-refractivity contribution in [1.82, 2.24) is 5.32 Å². The fourth-order valence-electron chi connectivity index (χ4n) is 2.32. The molecule has 0 atom stereocenters. The number of hydrogen-bond donors (Lipinski definition) is 1. The molecule has 0 heterocycles. The van der Waals surface area contributed by atoms with E-state index >= 15 is 0 Å². The first-order valence-corrected chi connectivity index (χ1v) is 6.12. The normalized spacial score (nSPS) is 23.5. The van der Waals surface area contributed by atoms with Crippen molar-refractivity contribution in [3.63, 3.8) is 0 Å². The van der Waals surface area contributed by atoms with Crippen LogP contribution < -0.4 is 5.32 Å². The molecule has 3 heteroatoms. The standard InChI is InChI=1S/C14H20FNO/c1-9-4-11(5-10(2)14(9)15)8-16-12-6-13(7-12)17-3/h4-5,12-13,16H,6-8H2,1-3H3. The number of hydrogen-bond acceptors (Lipinski definition) is 2. The fourth-order valence-corrected chi connectivity index (χ4v) is 2.32. The van der Waals surface area contributed by atoms with Gasteiger partial charge in [-0.1, -0.05) is 12.1 Å². The molecular weight excluding hydrogens is 217 g/mol. The van der Waals surface area contributed by atoms with Gasteiger partial charge in [-0.15, -0.1) is 0 Å². The summed E-state index contributed by atoms with van der Waals surface area (Å²) in [5, 5.41) is 3.47. The number of methoxy groups -OCH3 is 1. The van der Waals surface area contributed by atoms with Gasteiger partial charge < -0.3 is 10.1 Å². The van der Waals surface area contributed by atoms with E-state index in [4.69, 9.17) is 4.74 Å². The van der Waals surface area contributed by atoms with E-state index in [1.165, 1.54) is 0 Å². The van der Waals surface area contributed by atoms with E-state index in [-0.39, 0.29) is 5.82 Å². The molecule has 0 spiro atoms. The summed E-state index contributed by atoms with van der Waals surface area (Å²) in [5.41, 5.74) is 2.61. The minimum absolute atomic E-state index is 0.0863. The number of nitrogens with one attached hydrogen (secondary N) is 1. The number of rotatable bonds is 4. The zero-order valence-corrected chi connectivity index (χ0v) is 10.7. The predicted octanol–water partition coefficient (Wildman–Crippen LogP) is 2.71. The highest BCUT2D eigenvalue weighted by Crippen LogP contribution is 2.23. The molecule has 0 radical (unpaired) electrons. The summed E-state index contributed by atoms with van der Waals surface area (Å²) in [6.45, 7) is 4.44. The summed E-state index contributed by atoms with van der Waals surface area (Å²) >= 11 is 0. The van der Waals surface area contributed by atoms with Crippen molar-refractivity contribution in [2.45, 2.75) is 45.4 Å². The smallest absolute Gasteiger partial charge is 0.129 e. The average Bonchev–Trinajstić information content (AvgIpc) is 2.24. The first-order valence-electron chi connectivity index (χ1n) is 6.12. The maximum atomic E-state index is 13.4. The summed E-state index contributed by atoms with van der Waals surface area (Å²) in [7, 11) is 1.76. The molecule has 1 N–H and O–H groups in total. The molecule has 17 heavy (non-hydrogen) atoms. The van der Waals surface area contributed by atoms with Gasteiger partial charge in [0.15, 0.2) is 0 Å². The van der Waals surface area contributed by atoms with Crippen LogP contribution in [-0.2, 0) is 11.3 Å². The highest BCUT2D eigenvalue weighted by molar-refractivity contribution is 5.30. The van der Waals surface area contributed by atoms with E-state index in [1.54, 1.807) is 7.11 Å². The van der Waals surface area contributed by atoms with Gasteiger partial charge in [0.2, 0.25) is 0 Å². The Balaban J connectivity index is 1.88. The second-order valence-electron chi connectivity index (χ2n) is 4.95. The molecule has 0 aromatic heterocycles. The zero-order chi connectivity index (χ0) is 12.4. The Morgan fingerprint density at radius 2 is 1.88 bits per heavy atom. The molecule has 0 bridgehead atoms. The molecule has 2 nitrogen and oxygen atoms in total. The minimum Gasteiger partial charge on any atom is -0.381 e. The van der Waals surface area contributed by atoms with Crippen LogP contribution in [0.2, 0.25) is 0 Å². The minimum atomic E-state index is -0.0863. The van der Waals surface area contributed by atoms with E-state index in [0.717, 1.165) is 36.1 Å². The van der Waals surface area contributed by atoms with Gasteiger partial charge in [-0.3, -0.25) is 0 Å². The summed E-state index contributed by atoms with van der Waals surface area (Å²) in [6.07, 6.45) is 2.58. The molecule has 1 saturated carbocycles. The molecule has 1 fully saturated rings. The van der Waals surface area contributed by atoms with E-state index < -0.39 is 0 Å². The third kappa shape index (κ3) is 2.85. The fraction of sp³-hybridized carbons (Fsp3) is 0.571. The van der Waals surface area contributed by atoms with Crippen molar-refractivity contribution in [1.29, 1.82) is 0 Å². The second-order valence-corrected chi connectivity index (χ2v) is 4.95. The Labute approximate surface area is 102 Å². The topological polar surface area (TPSA) is 21.3 Å². The van der Waals surface area contributed by atoms with Gasteiger partial charge in [0, 0.05) is 19.7 Å². The van der Waals surface area contributed by atoms with Crippen LogP contribution in [0.5, 0.6) is 0 Å². The van der Waals surface area contributed by atoms with Crippen LogP contribution in [0.4, 0.5) is 4.39 Å². The van der Waals surface area contributed by atoms with Gasteiger partial charge in [-0.2, -0.15) is 0 Å². The van der Waals surface area contributed by atoms with Gasteiger partial charge in [-0.25, -0.2) is 4.39 Å². The molecule has 0 unspecified atom stereocenters. The van der Waals surface area contributed by atoms with Gasteiger partial charge >= 0.3 is 0 Å². The zero-order valence-electron chi connectivity index (χ0n) is 10.7. The summed E-state index contributed by atoms with van der Waals surface area (Å²) < 4.78 is 18.7. The van der Waals surface area contributed by atoms with Crippen LogP contribution in [0.1, 0.15) is 29.5 Å². The quantitative estimate of drug-likeness (QED) is 0.869. The Bertz CT molecular complexity index is 376. The lowest BCUT2D eigenvalue weighted by Crippen LogP contribution is -2.44. The molecule has 0 saturated heterocycles. The highest BCUT2D eigenvalue weighted by Gasteiger charge is 2.28. The summed E-state index contributed by atoms with van der Waals surface area (Å²) in [5.74, 6) is -0.0863. The number of aryl methyl sites for hydroxylation is 2. The average molecular weight is 237 g/mol. The molecule has 0 amide bonds. The van der Waals surface area contributed by atoms with Gasteiger partial charge in [0.25, 0.3) is 0 Å². The molecule has 1 aliphatic rings. The van der Waals surface area contributed by atoms with Crippen LogP contribution in [0.15, 0.2) is 12.1 Å². The largest absolute Gasteiger partial charge is 0.381 e. The Morgan fingerprint density at radius 1 is 1.29 bits per heavy atom. The third-order valence-electron chi connectivity index (χ3n) is 3.52. The molecular formula is C14H20FNO. The second kappa shape index (κ2) is 5.15. The number of halogens is 1. The van der Waals surface area contributed by atoms with E-state index in [2.05, 4.69) is 5.32 Å². The molecule has 94 valence electrons. The number of ether oxygens (including phenoxy) is 1. The lowest BCUT2D eigenvalue weighted by atomic mass is 9.89. The highest BCUT2D eigenvalue weighted by atomic mass is 19.1. The van der Waals surface area contributed by atoms with E-state index in [0.29, 0.717) is 12.1 Å². The summed E-state index contributed by atoms with van der Waals surface area (Å²) in [4.78, 5) is 0. The Morgan fingerprint density at radius 3 is 2.41 bits per heavy atom. The third-order valence-corrected chi connectivity index (χ3v) is 3.52. The van der Waals surface area contributed by atoms with Crippen molar-refractivity contribution in [3.8, 4) is 0 Å². The lowest BCUT2D eigenvalue weighted by molar-refractivity contribution is 0.0170. The SMILES string of the molecule is COC1CC(NCc2cc(C)c(F)c(C)c2)C1. The van der Waals surface area contributed by atoms with Crippen LogP contribution in [0.25, 0.3) is 0 Å². The van der Waals surface area contributed by atoms with Crippen LogP contribution in [-0.4, -0.2) is 19.3 Å². The maximum Gasteiger partial charge on any atom is 0.129 e. The monoisotopic (exact) mass is 237 g/mol. The van der Waals surface area contributed by atoms with Crippen molar-refractivity contribution in [2.24, 2.45) is 0 Å². The molecule has 2 rings (SSSR count). The van der Waals surface area contributed by atoms with Gasteiger partial charge in [0.05, 0.1) is 6.10 Å². The first kappa shape index (κ1) is 12.5. The van der Waals surface area contributed by atoms with Crippen LogP contribution in [0, 0.1) is 19.7 Å². The Hall–Kier alpha value is -0.930. The van der Waals surface area contributed by atoms with Gasteiger partial charge in [0.1, 0.15) is 5.82 Å². The summed E-state index contributed by atoms with van der Waals surface area (Å²) in [6, 6.07) is 4.38. The van der Waals surface area contributed by atoms with E-state index in [1.807, 2.05) is 26.0 Å². The molecule has 1 aromatic rings. The van der Waals surface area contributed by atoms with Crippen molar-refractivity contribution in [3.05, 3.63) is 34.6 Å². The van der Waals surface area contributed by atoms with Crippen LogP contribution >= 0.6 is 0 Å². The van der Waals surface area contributed by atoms with E-state index in [9.17, 15) is 4.39 Å². The Kier molecular flexibility index (Phi) is 3.79. The van der Waals surface area contributed by atoms with Gasteiger partial charge in [-0.05, 0) is 43.4 Å². The number of benzene rings is 1. The van der Waals surface area contributed by atoms with Crippen molar-refractivity contribution in [2.75, 3.05) is 7.11 Å². The molecule has 1 aliphatic carbocycles. The van der Waals surface area contributed by atoms with Crippen molar-refractivity contribution >= 4 is 0 Å². The molecule has 1 aromatic carbocycles. The van der Waals surface area contributed by atoms with Crippen molar-refractivity contribution < 1.29 is 9.13 Å². The predicted molar refractivity (Wildman–Crippen MR) is 66.5 cm³/mol. The van der Waals surface area contributed by atoms with Crippen LogP contribution in [0.3, 0.4) is 0 Å². The maximum absolute atomic E-state index is 13.4. The first-order chi connectivity index (χ1) is 8.10. The lowest BCUT2D eigenvalue weighted by Gasteiger charge is -2.34.